The van der Waals surface area contributed by atoms with Crippen LogP contribution in [0.3, 0.4) is 0 Å². The topological polar surface area (TPSA) is 83.4 Å². The van der Waals surface area contributed by atoms with Crippen molar-refractivity contribution in [2.75, 3.05) is 13.2 Å². The summed E-state index contributed by atoms with van der Waals surface area (Å²) in [6.45, 7) is 1.20. The summed E-state index contributed by atoms with van der Waals surface area (Å²) >= 11 is 0. The van der Waals surface area contributed by atoms with Crippen LogP contribution in [0.1, 0.15) is 41.2 Å². The minimum Gasteiger partial charge on any atom is -0.486 e. The normalized spacial score (nSPS) is 21.7. The molecule has 24 heavy (non-hydrogen) atoms. The monoisotopic (exact) mass is 325 g/mol. The van der Waals surface area contributed by atoms with E-state index in [1.165, 1.54) is 11.8 Å². The third-order valence-corrected chi connectivity index (χ3v) is 4.42. The van der Waals surface area contributed by atoms with Crippen molar-refractivity contribution in [3.8, 4) is 11.5 Å². The molecule has 1 fully saturated rings. The van der Waals surface area contributed by atoms with E-state index in [1.807, 2.05) is 6.07 Å². The standard InChI is InChI=1S/C17H15N3O4/c1-2-14-15(22-6-5-21-14)7-10(1)12-9-13(12)17-18-16(20-24-17)8-11-3-4-23-19-11/h1-4,7,12-13H,5-6,8-9H2. The molecule has 2 aromatic heterocycles. The lowest BCUT2D eigenvalue weighted by Crippen LogP contribution is -2.15. The number of fused-ring (bicyclic) bond motifs is 1. The van der Waals surface area contributed by atoms with Gasteiger partial charge in [0.15, 0.2) is 17.3 Å². The molecule has 2 atom stereocenters. The molecule has 1 aromatic carbocycles. The number of hydrogen-bond donors (Lipinski definition) is 0. The van der Waals surface area contributed by atoms with Crippen LogP contribution in [-0.2, 0) is 6.42 Å². The van der Waals surface area contributed by atoms with E-state index < -0.39 is 0 Å². The minimum atomic E-state index is 0.270. The summed E-state index contributed by atoms with van der Waals surface area (Å²) in [6.07, 6.45) is 3.06. The molecule has 1 aliphatic heterocycles. The quantitative estimate of drug-likeness (QED) is 0.729. The van der Waals surface area contributed by atoms with E-state index in [4.69, 9.17) is 18.5 Å². The van der Waals surface area contributed by atoms with Crippen LogP contribution < -0.4 is 9.47 Å². The molecule has 0 radical (unpaired) electrons. The Morgan fingerprint density at radius 3 is 2.79 bits per heavy atom. The van der Waals surface area contributed by atoms with E-state index in [2.05, 4.69) is 27.4 Å². The molecule has 7 nitrogen and oxygen atoms in total. The molecule has 0 saturated heterocycles. The molecular weight excluding hydrogens is 310 g/mol. The first-order valence-electron chi connectivity index (χ1n) is 7.98. The zero-order chi connectivity index (χ0) is 15.9. The SMILES string of the molecule is c1cc(Cc2noc(C3CC3c3ccc4c(c3)OCCO4)n2)no1. The van der Waals surface area contributed by atoms with Crippen molar-refractivity contribution in [2.24, 2.45) is 0 Å². The average molecular weight is 325 g/mol. The summed E-state index contributed by atoms with van der Waals surface area (Å²) in [7, 11) is 0. The highest BCUT2D eigenvalue weighted by molar-refractivity contribution is 5.46. The largest absolute Gasteiger partial charge is 0.486 e. The Hall–Kier alpha value is -2.83. The molecule has 2 aliphatic rings. The zero-order valence-corrected chi connectivity index (χ0v) is 12.8. The van der Waals surface area contributed by atoms with E-state index in [9.17, 15) is 0 Å². The average Bonchev–Trinajstić information content (AvgIpc) is 3.02. The van der Waals surface area contributed by atoms with Crippen LogP contribution in [0, 0.1) is 0 Å². The summed E-state index contributed by atoms with van der Waals surface area (Å²) < 4.78 is 21.5. The van der Waals surface area contributed by atoms with Crippen molar-refractivity contribution in [3.63, 3.8) is 0 Å². The number of aromatic nitrogens is 3. The molecule has 2 unspecified atom stereocenters. The minimum absolute atomic E-state index is 0.270. The highest BCUT2D eigenvalue weighted by Crippen LogP contribution is 2.55. The van der Waals surface area contributed by atoms with Gasteiger partial charge in [0.2, 0.25) is 5.89 Å². The maximum atomic E-state index is 5.65. The fourth-order valence-electron chi connectivity index (χ4n) is 3.11. The van der Waals surface area contributed by atoms with Gasteiger partial charge in [0, 0.05) is 12.0 Å². The fraction of sp³-hybridized carbons (Fsp3) is 0.353. The van der Waals surface area contributed by atoms with Crippen LogP contribution >= 0.6 is 0 Å². The number of rotatable bonds is 4. The second-order valence-electron chi connectivity index (χ2n) is 6.07. The number of nitrogens with zero attached hydrogens (tertiary/aromatic N) is 3. The van der Waals surface area contributed by atoms with E-state index in [-0.39, 0.29) is 5.92 Å². The van der Waals surface area contributed by atoms with Crippen LogP contribution in [0.4, 0.5) is 0 Å². The van der Waals surface area contributed by atoms with Gasteiger partial charge in [-0.15, -0.1) is 0 Å². The molecule has 7 heteroatoms. The third-order valence-electron chi connectivity index (χ3n) is 4.42. The summed E-state index contributed by atoms with van der Waals surface area (Å²) in [4.78, 5) is 4.49. The van der Waals surface area contributed by atoms with Crippen molar-refractivity contribution in [2.45, 2.75) is 24.7 Å². The highest BCUT2D eigenvalue weighted by Gasteiger charge is 2.44. The number of ether oxygens (including phenoxy) is 2. The molecule has 0 amide bonds. The summed E-state index contributed by atoms with van der Waals surface area (Å²) in [5.74, 6) is 3.61. The van der Waals surface area contributed by atoms with Gasteiger partial charge in [0.05, 0.1) is 12.1 Å². The highest BCUT2D eigenvalue weighted by atomic mass is 16.6. The maximum Gasteiger partial charge on any atom is 0.230 e. The Labute approximate surface area is 137 Å². The van der Waals surface area contributed by atoms with Crippen LogP contribution in [0.15, 0.2) is 39.6 Å². The van der Waals surface area contributed by atoms with E-state index >= 15 is 0 Å². The molecule has 3 heterocycles. The predicted molar refractivity (Wildman–Crippen MR) is 81.1 cm³/mol. The second kappa shape index (κ2) is 5.36. The number of benzene rings is 1. The van der Waals surface area contributed by atoms with Gasteiger partial charge >= 0.3 is 0 Å². The van der Waals surface area contributed by atoms with E-state index in [0.29, 0.717) is 37.3 Å². The smallest absolute Gasteiger partial charge is 0.230 e. The van der Waals surface area contributed by atoms with Gasteiger partial charge in [-0.25, -0.2) is 0 Å². The Morgan fingerprint density at radius 2 is 1.92 bits per heavy atom. The van der Waals surface area contributed by atoms with E-state index in [1.54, 1.807) is 6.07 Å². The Morgan fingerprint density at radius 1 is 1.00 bits per heavy atom. The van der Waals surface area contributed by atoms with Gasteiger partial charge in [0.25, 0.3) is 0 Å². The fourth-order valence-corrected chi connectivity index (χ4v) is 3.11. The molecule has 0 spiro atoms. The maximum absolute atomic E-state index is 5.65. The van der Waals surface area contributed by atoms with Gasteiger partial charge in [-0.1, -0.05) is 16.4 Å². The lowest BCUT2D eigenvalue weighted by molar-refractivity contribution is 0.171. The van der Waals surface area contributed by atoms with Gasteiger partial charge in [-0.05, 0) is 30.0 Å². The molecule has 1 aliphatic carbocycles. The zero-order valence-electron chi connectivity index (χ0n) is 12.8. The summed E-state index contributed by atoms with van der Waals surface area (Å²) in [5, 5.41) is 7.90. The molecule has 0 N–H and O–H groups in total. The van der Waals surface area contributed by atoms with Crippen molar-refractivity contribution in [1.29, 1.82) is 0 Å². The second-order valence-corrected chi connectivity index (χ2v) is 6.07. The van der Waals surface area contributed by atoms with Crippen LogP contribution in [0.25, 0.3) is 0 Å². The van der Waals surface area contributed by atoms with Gasteiger partial charge in [-0.2, -0.15) is 4.98 Å². The molecule has 1 saturated carbocycles. The molecule has 122 valence electrons. The first-order chi connectivity index (χ1) is 11.9. The lowest BCUT2D eigenvalue weighted by Gasteiger charge is -2.18. The summed E-state index contributed by atoms with van der Waals surface area (Å²) in [6, 6.07) is 7.92. The van der Waals surface area contributed by atoms with Crippen molar-refractivity contribution in [3.05, 3.63) is 53.5 Å². The number of hydrogen-bond acceptors (Lipinski definition) is 7. The summed E-state index contributed by atoms with van der Waals surface area (Å²) in [5.41, 5.74) is 2.02. The first kappa shape index (κ1) is 13.6. The first-order valence-corrected chi connectivity index (χ1v) is 7.98. The molecule has 5 rings (SSSR count). The van der Waals surface area contributed by atoms with Crippen molar-refractivity contribution in [1.82, 2.24) is 15.3 Å². The Bertz CT molecular complexity index is 859. The van der Waals surface area contributed by atoms with Crippen LogP contribution in [-0.4, -0.2) is 28.5 Å². The van der Waals surface area contributed by atoms with Gasteiger partial charge < -0.3 is 18.5 Å². The predicted octanol–water partition coefficient (Wildman–Crippen LogP) is 2.69. The van der Waals surface area contributed by atoms with Gasteiger partial charge in [0.1, 0.15) is 19.5 Å². The molecular formula is C17H15N3O4. The Kier molecular flexibility index (Phi) is 3.04. The Balaban J connectivity index is 1.31. The molecule has 3 aromatic rings. The van der Waals surface area contributed by atoms with Gasteiger partial charge in [-0.3, -0.25) is 0 Å². The van der Waals surface area contributed by atoms with Crippen molar-refractivity contribution >= 4 is 0 Å². The third kappa shape index (κ3) is 2.42. The lowest BCUT2D eigenvalue weighted by atomic mass is 10.1. The van der Waals surface area contributed by atoms with E-state index in [0.717, 1.165) is 23.6 Å². The van der Waals surface area contributed by atoms with Crippen LogP contribution in [0.2, 0.25) is 0 Å². The van der Waals surface area contributed by atoms with Crippen molar-refractivity contribution < 1.29 is 18.5 Å². The van der Waals surface area contributed by atoms with Crippen LogP contribution in [0.5, 0.6) is 11.5 Å². The molecule has 0 bridgehead atoms.